The maximum absolute atomic E-state index is 6.20. The van der Waals surface area contributed by atoms with Crippen molar-refractivity contribution in [2.24, 2.45) is 0 Å². The van der Waals surface area contributed by atoms with Gasteiger partial charge in [0.05, 0.1) is 24.9 Å². The van der Waals surface area contributed by atoms with Crippen molar-refractivity contribution in [2.45, 2.75) is 77.8 Å². The van der Waals surface area contributed by atoms with Crippen LogP contribution < -0.4 is 14.9 Å². The van der Waals surface area contributed by atoms with E-state index in [1.807, 2.05) is 45.9 Å². The quantitative estimate of drug-likeness (QED) is 0.495. The summed E-state index contributed by atoms with van der Waals surface area (Å²) in [6.45, 7) is 20.4. The highest BCUT2D eigenvalue weighted by Gasteiger charge is 2.51. The first kappa shape index (κ1) is 23.3. The SMILES string of the molecule is COc1ccc(B2OC(C)(C)C(C)(C)O2)cc1OCCO[Si](C)(C)C(C)(C)C. The number of benzene rings is 1. The maximum Gasteiger partial charge on any atom is 0.494 e. The molecule has 0 unspecified atom stereocenters. The summed E-state index contributed by atoms with van der Waals surface area (Å²) in [5.74, 6) is 1.36. The van der Waals surface area contributed by atoms with E-state index in [0.717, 1.165) is 5.46 Å². The summed E-state index contributed by atoms with van der Waals surface area (Å²) in [7, 11) is -0.568. The van der Waals surface area contributed by atoms with E-state index in [2.05, 4.69) is 33.9 Å². The molecule has 0 spiro atoms. The lowest BCUT2D eigenvalue weighted by Crippen LogP contribution is -2.41. The zero-order valence-electron chi connectivity index (χ0n) is 19.3. The zero-order chi connectivity index (χ0) is 21.4. The second kappa shape index (κ2) is 8.01. The van der Waals surface area contributed by atoms with Crippen molar-refractivity contribution in [1.82, 2.24) is 0 Å². The van der Waals surface area contributed by atoms with E-state index in [9.17, 15) is 0 Å². The Morgan fingerprint density at radius 2 is 1.54 bits per heavy atom. The third-order valence-electron chi connectivity index (χ3n) is 6.32. The van der Waals surface area contributed by atoms with E-state index in [0.29, 0.717) is 24.7 Å². The molecule has 0 bridgehead atoms. The van der Waals surface area contributed by atoms with Gasteiger partial charge in [-0.3, -0.25) is 0 Å². The minimum absolute atomic E-state index is 0.182. The molecule has 1 aliphatic rings. The second-order valence-electron chi connectivity index (χ2n) is 9.96. The number of hydrogen-bond acceptors (Lipinski definition) is 5. The van der Waals surface area contributed by atoms with Crippen molar-refractivity contribution >= 4 is 20.9 Å². The van der Waals surface area contributed by atoms with Crippen molar-refractivity contribution in [3.63, 3.8) is 0 Å². The van der Waals surface area contributed by atoms with Crippen LogP contribution in [0.2, 0.25) is 18.1 Å². The van der Waals surface area contributed by atoms with Gasteiger partial charge in [-0.1, -0.05) is 26.8 Å². The molecule has 1 aromatic carbocycles. The van der Waals surface area contributed by atoms with Crippen molar-refractivity contribution in [3.05, 3.63) is 18.2 Å². The molecule has 0 radical (unpaired) electrons. The van der Waals surface area contributed by atoms with E-state index in [1.165, 1.54) is 0 Å². The van der Waals surface area contributed by atoms with E-state index in [-0.39, 0.29) is 16.2 Å². The molecular formula is C21H37BO5Si. The first-order valence-electron chi connectivity index (χ1n) is 10.0. The molecule has 5 nitrogen and oxygen atoms in total. The molecule has 1 saturated heterocycles. The molecule has 1 fully saturated rings. The van der Waals surface area contributed by atoms with Crippen LogP contribution in [0.25, 0.3) is 0 Å². The average molecular weight is 408 g/mol. The molecule has 0 aromatic heterocycles. The van der Waals surface area contributed by atoms with Crippen LogP contribution >= 0.6 is 0 Å². The van der Waals surface area contributed by atoms with Crippen LogP contribution in [0.3, 0.4) is 0 Å². The number of methoxy groups -OCH3 is 1. The normalized spacial score (nSPS) is 19.0. The largest absolute Gasteiger partial charge is 0.494 e. The van der Waals surface area contributed by atoms with Gasteiger partial charge in [0.25, 0.3) is 0 Å². The fraction of sp³-hybridized carbons (Fsp3) is 0.714. The summed E-state index contributed by atoms with van der Waals surface area (Å²) in [4.78, 5) is 0. The summed E-state index contributed by atoms with van der Waals surface area (Å²) in [5, 5.41) is 0.182. The molecule has 0 amide bonds. The molecule has 2 rings (SSSR count). The Hall–Kier alpha value is -1.02. The third-order valence-corrected chi connectivity index (χ3v) is 10.9. The minimum atomic E-state index is -1.78. The molecule has 0 aliphatic carbocycles. The Balaban J connectivity index is 2.06. The smallest absolute Gasteiger partial charge is 0.493 e. The van der Waals surface area contributed by atoms with Gasteiger partial charge < -0.3 is 23.2 Å². The molecule has 28 heavy (non-hydrogen) atoms. The van der Waals surface area contributed by atoms with E-state index >= 15 is 0 Å². The lowest BCUT2D eigenvalue weighted by molar-refractivity contribution is 0.00578. The lowest BCUT2D eigenvalue weighted by atomic mass is 9.79. The van der Waals surface area contributed by atoms with Crippen LogP contribution in [0, 0.1) is 0 Å². The Bertz CT molecular complexity index is 666. The Morgan fingerprint density at radius 1 is 0.964 bits per heavy atom. The van der Waals surface area contributed by atoms with Crippen LogP contribution in [0.5, 0.6) is 11.5 Å². The molecule has 1 heterocycles. The fourth-order valence-electron chi connectivity index (χ4n) is 2.60. The maximum atomic E-state index is 6.20. The van der Waals surface area contributed by atoms with Crippen LogP contribution in [0.1, 0.15) is 48.5 Å². The highest BCUT2D eigenvalue weighted by molar-refractivity contribution is 6.74. The lowest BCUT2D eigenvalue weighted by Gasteiger charge is -2.36. The number of rotatable bonds is 7. The Labute approximate surface area is 172 Å². The van der Waals surface area contributed by atoms with Gasteiger partial charge in [-0.15, -0.1) is 0 Å². The molecule has 1 aromatic rings. The Kier molecular flexibility index (Phi) is 6.66. The average Bonchev–Trinajstić information content (AvgIpc) is 2.78. The van der Waals surface area contributed by atoms with Crippen molar-refractivity contribution in [1.29, 1.82) is 0 Å². The standard InChI is InChI=1S/C21H37BO5Si/c1-19(2,3)28(9,10)25-14-13-24-18-15-16(11-12-17(18)23-8)22-26-20(4,5)21(6,7)27-22/h11-12,15H,13-14H2,1-10H3. The number of ether oxygens (including phenoxy) is 2. The first-order chi connectivity index (χ1) is 12.7. The van der Waals surface area contributed by atoms with Crippen LogP contribution in [0.15, 0.2) is 18.2 Å². The van der Waals surface area contributed by atoms with Gasteiger partial charge in [0, 0.05) is 0 Å². The molecule has 0 saturated carbocycles. The topological polar surface area (TPSA) is 46.2 Å². The molecular weight excluding hydrogens is 371 g/mol. The summed E-state index contributed by atoms with van der Waals surface area (Å²) in [6, 6.07) is 5.79. The summed E-state index contributed by atoms with van der Waals surface area (Å²) < 4.78 is 30.0. The van der Waals surface area contributed by atoms with Gasteiger partial charge in [0.2, 0.25) is 0 Å². The first-order valence-corrected chi connectivity index (χ1v) is 12.9. The molecule has 0 N–H and O–H groups in total. The van der Waals surface area contributed by atoms with E-state index in [4.69, 9.17) is 23.2 Å². The Morgan fingerprint density at radius 3 is 2.04 bits per heavy atom. The third kappa shape index (κ3) is 4.93. The van der Waals surface area contributed by atoms with Crippen molar-refractivity contribution in [2.75, 3.05) is 20.3 Å². The van der Waals surface area contributed by atoms with Gasteiger partial charge >= 0.3 is 7.12 Å². The summed E-state index contributed by atoms with van der Waals surface area (Å²) >= 11 is 0. The van der Waals surface area contributed by atoms with E-state index < -0.39 is 15.4 Å². The minimum Gasteiger partial charge on any atom is -0.493 e. The van der Waals surface area contributed by atoms with E-state index in [1.54, 1.807) is 7.11 Å². The number of hydrogen-bond donors (Lipinski definition) is 0. The predicted octanol–water partition coefficient (Wildman–Crippen LogP) is 4.40. The summed E-state index contributed by atoms with van der Waals surface area (Å²) in [5.41, 5.74) is 0.158. The fourth-order valence-corrected chi connectivity index (χ4v) is 3.62. The molecule has 158 valence electrons. The van der Waals surface area contributed by atoms with Crippen LogP contribution in [0.4, 0.5) is 0 Å². The zero-order valence-corrected chi connectivity index (χ0v) is 20.3. The molecule has 1 aliphatic heterocycles. The monoisotopic (exact) mass is 408 g/mol. The summed E-state index contributed by atoms with van der Waals surface area (Å²) in [6.07, 6.45) is 0. The van der Waals surface area contributed by atoms with Gasteiger partial charge in [-0.2, -0.15) is 0 Å². The van der Waals surface area contributed by atoms with Crippen molar-refractivity contribution in [3.8, 4) is 11.5 Å². The molecule has 7 heteroatoms. The highest BCUT2D eigenvalue weighted by atomic mass is 28.4. The second-order valence-corrected chi connectivity index (χ2v) is 14.8. The van der Waals surface area contributed by atoms with Gasteiger partial charge in [0.15, 0.2) is 19.8 Å². The van der Waals surface area contributed by atoms with Gasteiger partial charge in [-0.05, 0) is 63.4 Å². The van der Waals surface area contributed by atoms with Gasteiger partial charge in [0.1, 0.15) is 6.61 Å². The molecule has 0 atom stereocenters. The predicted molar refractivity (Wildman–Crippen MR) is 117 cm³/mol. The highest BCUT2D eigenvalue weighted by Crippen LogP contribution is 2.38. The van der Waals surface area contributed by atoms with Crippen LogP contribution in [-0.2, 0) is 13.7 Å². The van der Waals surface area contributed by atoms with Gasteiger partial charge in [-0.25, -0.2) is 0 Å². The van der Waals surface area contributed by atoms with Crippen molar-refractivity contribution < 1.29 is 23.2 Å². The van der Waals surface area contributed by atoms with Crippen LogP contribution in [-0.4, -0.2) is 47.0 Å².